The van der Waals surface area contributed by atoms with Crippen LogP contribution in [0.3, 0.4) is 0 Å². The maximum atomic E-state index is 10.3. The molecule has 11 heavy (non-hydrogen) atoms. The highest BCUT2D eigenvalue weighted by atomic mass is 16.1. The second-order valence-corrected chi connectivity index (χ2v) is 3.06. The van der Waals surface area contributed by atoms with Gasteiger partial charge in [0.15, 0.2) is 0 Å². The average Bonchev–Trinajstić information content (AvgIpc) is 2.06. The van der Waals surface area contributed by atoms with Gasteiger partial charge in [-0.3, -0.25) is 4.79 Å². The Morgan fingerprint density at radius 2 is 2.45 bits per heavy atom. The number of allylic oxidation sites excluding steroid dienone is 3. The van der Waals surface area contributed by atoms with Gasteiger partial charge in [0.2, 0.25) is 0 Å². The Labute approximate surface area is 67.8 Å². The molecule has 0 aromatic heterocycles. The molecule has 0 atom stereocenters. The van der Waals surface area contributed by atoms with Crippen molar-refractivity contribution in [3.63, 3.8) is 0 Å². The van der Waals surface area contributed by atoms with Crippen LogP contribution in [0.5, 0.6) is 0 Å². The summed E-state index contributed by atoms with van der Waals surface area (Å²) in [4.78, 5) is 10.3. The Kier molecular flexibility index (Phi) is 3.09. The molecule has 1 aliphatic carbocycles. The van der Waals surface area contributed by atoms with Crippen molar-refractivity contribution in [3.05, 3.63) is 23.8 Å². The van der Waals surface area contributed by atoms with Crippen LogP contribution in [-0.2, 0) is 4.79 Å². The summed E-state index contributed by atoms with van der Waals surface area (Å²) in [5.41, 5.74) is 2.10. The van der Waals surface area contributed by atoms with Crippen molar-refractivity contribution in [1.82, 2.24) is 0 Å². The number of hydrogen-bond acceptors (Lipinski definition) is 1. The SMILES string of the molecule is C=C(C=O)CC1=CCCCC1. The van der Waals surface area contributed by atoms with Gasteiger partial charge in [-0.15, -0.1) is 0 Å². The lowest BCUT2D eigenvalue weighted by molar-refractivity contribution is -0.104. The third-order valence-electron chi connectivity index (χ3n) is 2.01. The van der Waals surface area contributed by atoms with Crippen LogP contribution in [0.2, 0.25) is 0 Å². The van der Waals surface area contributed by atoms with E-state index in [4.69, 9.17) is 0 Å². The predicted octanol–water partition coefficient (Wildman–Crippen LogP) is 2.63. The lowest BCUT2D eigenvalue weighted by atomic mass is 9.95. The molecule has 1 nitrogen and oxygen atoms in total. The van der Waals surface area contributed by atoms with E-state index in [0.29, 0.717) is 5.57 Å². The standard InChI is InChI=1S/C10H14O/c1-9(8-11)7-10-5-3-2-4-6-10/h5,8H,1-4,6-7H2. The minimum atomic E-state index is 0.707. The molecule has 0 bridgehead atoms. The number of hydrogen-bond donors (Lipinski definition) is 0. The first kappa shape index (κ1) is 8.25. The summed E-state index contributed by atoms with van der Waals surface area (Å²) in [6, 6.07) is 0. The van der Waals surface area contributed by atoms with Crippen molar-refractivity contribution < 1.29 is 4.79 Å². The minimum Gasteiger partial charge on any atom is -0.298 e. The van der Waals surface area contributed by atoms with Crippen LogP contribution in [0.1, 0.15) is 32.1 Å². The van der Waals surface area contributed by atoms with Gasteiger partial charge >= 0.3 is 0 Å². The number of rotatable bonds is 3. The highest BCUT2D eigenvalue weighted by Gasteiger charge is 2.03. The molecule has 0 spiro atoms. The number of carbonyl (C=O) groups excluding carboxylic acids is 1. The van der Waals surface area contributed by atoms with Gasteiger partial charge in [0.05, 0.1) is 0 Å². The van der Waals surface area contributed by atoms with E-state index in [2.05, 4.69) is 12.7 Å². The fourth-order valence-electron chi connectivity index (χ4n) is 1.40. The maximum Gasteiger partial charge on any atom is 0.145 e. The molecular weight excluding hydrogens is 136 g/mol. The molecule has 0 N–H and O–H groups in total. The van der Waals surface area contributed by atoms with Gasteiger partial charge in [-0.05, 0) is 37.7 Å². The molecule has 0 heterocycles. The molecule has 1 heteroatoms. The zero-order chi connectivity index (χ0) is 8.10. The predicted molar refractivity (Wildman–Crippen MR) is 46.4 cm³/mol. The Hall–Kier alpha value is -0.850. The molecule has 0 saturated heterocycles. The summed E-state index contributed by atoms with van der Waals surface area (Å²) >= 11 is 0. The lowest BCUT2D eigenvalue weighted by Crippen LogP contribution is -1.93. The fraction of sp³-hybridized carbons (Fsp3) is 0.500. The van der Waals surface area contributed by atoms with Crippen molar-refractivity contribution in [2.24, 2.45) is 0 Å². The third kappa shape index (κ3) is 2.71. The number of aldehydes is 1. The van der Waals surface area contributed by atoms with Gasteiger partial charge in [0.25, 0.3) is 0 Å². The van der Waals surface area contributed by atoms with E-state index in [0.717, 1.165) is 19.1 Å². The molecule has 1 aliphatic rings. The van der Waals surface area contributed by atoms with Gasteiger partial charge in [-0.25, -0.2) is 0 Å². The highest BCUT2D eigenvalue weighted by molar-refractivity contribution is 5.72. The van der Waals surface area contributed by atoms with Crippen LogP contribution in [0.25, 0.3) is 0 Å². The van der Waals surface area contributed by atoms with E-state index in [1.807, 2.05) is 0 Å². The zero-order valence-corrected chi connectivity index (χ0v) is 6.81. The van der Waals surface area contributed by atoms with Crippen molar-refractivity contribution in [2.45, 2.75) is 32.1 Å². The summed E-state index contributed by atoms with van der Waals surface area (Å²) < 4.78 is 0. The van der Waals surface area contributed by atoms with E-state index in [9.17, 15) is 4.79 Å². The highest BCUT2D eigenvalue weighted by Crippen LogP contribution is 2.21. The molecule has 0 amide bonds. The van der Waals surface area contributed by atoms with E-state index >= 15 is 0 Å². The van der Waals surface area contributed by atoms with Gasteiger partial charge in [-0.2, -0.15) is 0 Å². The van der Waals surface area contributed by atoms with Crippen molar-refractivity contribution in [3.8, 4) is 0 Å². The van der Waals surface area contributed by atoms with Crippen LogP contribution in [-0.4, -0.2) is 6.29 Å². The first-order chi connectivity index (χ1) is 5.33. The van der Waals surface area contributed by atoms with Crippen LogP contribution < -0.4 is 0 Å². The molecule has 0 aromatic rings. The summed E-state index contributed by atoms with van der Waals surface area (Å²) in [5, 5.41) is 0. The second-order valence-electron chi connectivity index (χ2n) is 3.06. The fourth-order valence-corrected chi connectivity index (χ4v) is 1.40. The molecule has 0 aromatic carbocycles. The summed E-state index contributed by atoms with van der Waals surface area (Å²) in [5.74, 6) is 0. The maximum absolute atomic E-state index is 10.3. The van der Waals surface area contributed by atoms with E-state index in [1.54, 1.807) is 0 Å². The zero-order valence-electron chi connectivity index (χ0n) is 6.81. The summed E-state index contributed by atoms with van der Waals surface area (Å²) in [6.07, 6.45) is 8.82. The first-order valence-electron chi connectivity index (χ1n) is 4.14. The van der Waals surface area contributed by atoms with Crippen LogP contribution in [0.15, 0.2) is 23.8 Å². The minimum absolute atomic E-state index is 0.707. The Morgan fingerprint density at radius 1 is 1.64 bits per heavy atom. The van der Waals surface area contributed by atoms with E-state index in [1.165, 1.54) is 24.8 Å². The normalized spacial score (nSPS) is 17.3. The van der Waals surface area contributed by atoms with E-state index in [-0.39, 0.29) is 0 Å². The second kappa shape index (κ2) is 4.12. The van der Waals surface area contributed by atoms with Gasteiger partial charge in [-0.1, -0.05) is 18.2 Å². The molecule has 0 saturated carbocycles. The first-order valence-corrected chi connectivity index (χ1v) is 4.14. The van der Waals surface area contributed by atoms with Crippen molar-refractivity contribution >= 4 is 6.29 Å². The van der Waals surface area contributed by atoms with Crippen LogP contribution >= 0.6 is 0 Å². The van der Waals surface area contributed by atoms with E-state index < -0.39 is 0 Å². The molecule has 0 unspecified atom stereocenters. The van der Waals surface area contributed by atoms with Gasteiger partial charge < -0.3 is 0 Å². The summed E-state index contributed by atoms with van der Waals surface area (Å²) in [7, 11) is 0. The van der Waals surface area contributed by atoms with Crippen molar-refractivity contribution in [2.75, 3.05) is 0 Å². The van der Waals surface area contributed by atoms with Crippen molar-refractivity contribution in [1.29, 1.82) is 0 Å². The smallest absolute Gasteiger partial charge is 0.145 e. The molecule has 0 aliphatic heterocycles. The molecule has 0 fully saturated rings. The quantitative estimate of drug-likeness (QED) is 0.343. The topological polar surface area (TPSA) is 17.1 Å². The monoisotopic (exact) mass is 150 g/mol. The van der Waals surface area contributed by atoms with Crippen LogP contribution in [0, 0.1) is 0 Å². The Balaban J connectivity index is 2.41. The number of carbonyl (C=O) groups is 1. The Bertz CT molecular complexity index is 189. The average molecular weight is 150 g/mol. The molecule has 60 valence electrons. The lowest BCUT2D eigenvalue weighted by Gasteiger charge is -2.11. The molecule has 1 rings (SSSR count). The Morgan fingerprint density at radius 3 is 3.00 bits per heavy atom. The molecule has 0 radical (unpaired) electrons. The third-order valence-corrected chi connectivity index (χ3v) is 2.01. The summed E-state index contributed by atoms with van der Waals surface area (Å²) in [6.45, 7) is 3.66. The van der Waals surface area contributed by atoms with Gasteiger partial charge in [0.1, 0.15) is 6.29 Å². The van der Waals surface area contributed by atoms with Crippen LogP contribution in [0.4, 0.5) is 0 Å². The molecular formula is C10H14O. The largest absolute Gasteiger partial charge is 0.298 e. The van der Waals surface area contributed by atoms with Gasteiger partial charge in [0, 0.05) is 0 Å².